The lowest BCUT2D eigenvalue weighted by atomic mass is 9.86. The Balaban J connectivity index is 2.17. The Hall–Kier alpha value is -1.10. The quantitative estimate of drug-likeness (QED) is 0.673. The van der Waals surface area contributed by atoms with Gasteiger partial charge in [0.05, 0.1) is 13.5 Å². The zero-order valence-corrected chi connectivity index (χ0v) is 9.70. The molecule has 0 aromatic carbocycles. The van der Waals surface area contributed by atoms with Gasteiger partial charge in [0.1, 0.15) is 0 Å². The Morgan fingerprint density at radius 3 is 2.50 bits per heavy atom. The van der Waals surface area contributed by atoms with Gasteiger partial charge in [0.25, 0.3) is 0 Å². The Bertz CT molecular complexity index is 248. The van der Waals surface area contributed by atoms with Crippen LogP contribution in [0.3, 0.4) is 0 Å². The van der Waals surface area contributed by atoms with Crippen molar-refractivity contribution in [3.8, 4) is 0 Å². The van der Waals surface area contributed by atoms with Gasteiger partial charge >= 0.3 is 5.97 Å². The maximum Gasteiger partial charge on any atom is 0.307 e. The Morgan fingerprint density at radius 1 is 1.31 bits per heavy atom. The van der Waals surface area contributed by atoms with E-state index in [9.17, 15) is 9.59 Å². The van der Waals surface area contributed by atoms with E-state index in [2.05, 4.69) is 10.1 Å². The number of esters is 1. The van der Waals surface area contributed by atoms with Gasteiger partial charge in [-0.15, -0.1) is 0 Å². The van der Waals surface area contributed by atoms with Crippen molar-refractivity contribution in [2.24, 2.45) is 11.7 Å². The summed E-state index contributed by atoms with van der Waals surface area (Å²) >= 11 is 0. The second-order valence-corrected chi connectivity index (χ2v) is 4.23. The molecule has 0 aromatic rings. The monoisotopic (exact) mass is 228 g/mol. The van der Waals surface area contributed by atoms with E-state index in [1.54, 1.807) is 0 Å². The first kappa shape index (κ1) is 13.0. The van der Waals surface area contributed by atoms with Gasteiger partial charge in [-0.25, -0.2) is 0 Å². The van der Waals surface area contributed by atoms with E-state index in [1.807, 2.05) is 0 Å². The summed E-state index contributed by atoms with van der Waals surface area (Å²) in [5.41, 5.74) is 5.76. The molecule has 1 fully saturated rings. The van der Waals surface area contributed by atoms with E-state index in [1.165, 1.54) is 7.11 Å². The fourth-order valence-corrected chi connectivity index (χ4v) is 1.92. The molecule has 5 nitrogen and oxygen atoms in total. The summed E-state index contributed by atoms with van der Waals surface area (Å²) < 4.78 is 4.48. The first-order chi connectivity index (χ1) is 7.63. The van der Waals surface area contributed by atoms with Crippen molar-refractivity contribution in [1.82, 2.24) is 5.32 Å². The number of carbonyl (C=O) groups excluding carboxylic acids is 2. The summed E-state index contributed by atoms with van der Waals surface area (Å²) in [5.74, 6) is -0.195. The number of hydrogen-bond donors (Lipinski definition) is 2. The maximum absolute atomic E-state index is 11.7. The highest BCUT2D eigenvalue weighted by Gasteiger charge is 2.24. The van der Waals surface area contributed by atoms with Gasteiger partial charge in [-0.2, -0.15) is 0 Å². The van der Waals surface area contributed by atoms with Crippen LogP contribution in [0.15, 0.2) is 0 Å². The van der Waals surface area contributed by atoms with Crippen molar-refractivity contribution in [2.45, 2.75) is 38.1 Å². The molecule has 0 aliphatic heterocycles. The molecule has 1 amide bonds. The number of carbonyl (C=O) groups is 2. The average Bonchev–Trinajstić information content (AvgIpc) is 2.29. The molecule has 92 valence electrons. The van der Waals surface area contributed by atoms with E-state index in [0.717, 1.165) is 25.7 Å². The topological polar surface area (TPSA) is 81.4 Å². The number of methoxy groups -OCH3 is 1. The van der Waals surface area contributed by atoms with Gasteiger partial charge in [-0.05, 0) is 25.7 Å². The van der Waals surface area contributed by atoms with Crippen molar-refractivity contribution in [3.63, 3.8) is 0 Å². The minimum Gasteiger partial charge on any atom is -0.469 e. The number of nitrogens with two attached hydrogens (primary N) is 1. The summed E-state index contributed by atoms with van der Waals surface area (Å²) in [7, 11) is 1.34. The molecule has 0 spiro atoms. The largest absolute Gasteiger partial charge is 0.469 e. The SMILES string of the molecule is COC(=O)CCNC(=O)C1CCC(N)CC1. The minimum absolute atomic E-state index is 0.0378. The summed E-state index contributed by atoms with van der Waals surface area (Å²) in [6, 6.07) is 0.249. The number of rotatable bonds is 4. The molecule has 0 atom stereocenters. The van der Waals surface area contributed by atoms with Crippen LogP contribution >= 0.6 is 0 Å². The molecule has 0 radical (unpaired) electrons. The van der Waals surface area contributed by atoms with Gasteiger partial charge in [0.2, 0.25) is 5.91 Å². The fourth-order valence-electron chi connectivity index (χ4n) is 1.92. The molecule has 16 heavy (non-hydrogen) atoms. The Kier molecular flexibility index (Phi) is 5.25. The van der Waals surface area contributed by atoms with Crippen LogP contribution in [-0.2, 0) is 14.3 Å². The molecule has 3 N–H and O–H groups in total. The minimum atomic E-state index is -0.300. The first-order valence-corrected chi connectivity index (χ1v) is 5.73. The van der Waals surface area contributed by atoms with Crippen LogP contribution < -0.4 is 11.1 Å². The van der Waals surface area contributed by atoms with E-state index in [0.29, 0.717) is 6.54 Å². The molecule has 0 aromatic heterocycles. The fraction of sp³-hybridized carbons (Fsp3) is 0.818. The lowest BCUT2D eigenvalue weighted by molar-refractivity contribution is -0.140. The number of nitrogens with one attached hydrogen (secondary N) is 1. The summed E-state index contributed by atoms with van der Waals surface area (Å²) in [4.78, 5) is 22.5. The standard InChI is InChI=1S/C11H20N2O3/c1-16-10(14)6-7-13-11(15)8-2-4-9(12)5-3-8/h8-9H,2-7,12H2,1H3,(H,13,15). The lowest BCUT2D eigenvalue weighted by Crippen LogP contribution is -2.37. The average molecular weight is 228 g/mol. The molecule has 0 unspecified atom stereocenters. The number of amides is 1. The van der Waals surface area contributed by atoms with Crippen LogP contribution in [0.5, 0.6) is 0 Å². The normalized spacial score (nSPS) is 24.9. The third-order valence-electron chi connectivity index (χ3n) is 3.00. The van der Waals surface area contributed by atoms with Gasteiger partial charge in [0, 0.05) is 18.5 Å². The highest BCUT2D eigenvalue weighted by atomic mass is 16.5. The van der Waals surface area contributed by atoms with E-state index in [4.69, 9.17) is 5.73 Å². The number of ether oxygens (including phenoxy) is 1. The van der Waals surface area contributed by atoms with Gasteiger partial charge < -0.3 is 15.8 Å². The van der Waals surface area contributed by atoms with Crippen LogP contribution in [0.4, 0.5) is 0 Å². The van der Waals surface area contributed by atoms with Crippen molar-refractivity contribution < 1.29 is 14.3 Å². The predicted octanol–water partition coefficient (Wildman–Crippen LogP) is 0.183. The molecule has 1 saturated carbocycles. The van der Waals surface area contributed by atoms with Crippen molar-refractivity contribution >= 4 is 11.9 Å². The smallest absolute Gasteiger partial charge is 0.307 e. The first-order valence-electron chi connectivity index (χ1n) is 5.73. The van der Waals surface area contributed by atoms with E-state index < -0.39 is 0 Å². The summed E-state index contributed by atoms with van der Waals surface area (Å²) in [6.45, 7) is 0.355. The van der Waals surface area contributed by atoms with Crippen LogP contribution in [0.2, 0.25) is 0 Å². The van der Waals surface area contributed by atoms with Crippen LogP contribution in [0.1, 0.15) is 32.1 Å². The van der Waals surface area contributed by atoms with E-state index in [-0.39, 0.29) is 30.3 Å². The lowest BCUT2D eigenvalue weighted by Gasteiger charge is -2.25. The predicted molar refractivity (Wildman–Crippen MR) is 59.6 cm³/mol. The summed E-state index contributed by atoms with van der Waals surface area (Å²) in [6.07, 6.45) is 3.76. The number of hydrogen-bond acceptors (Lipinski definition) is 4. The van der Waals surface area contributed by atoms with Crippen molar-refractivity contribution in [1.29, 1.82) is 0 Å². The van der Waals surface area contributed by atoms with Gasteiger partial charge in [-0.3, -0.25) is 9.59 Å². The molecular formula is C11H20N2O3. The van der Waals surface area contributed by atoms with E-state index >= 15 is 0 Å². The molecule has 1 aliphatic rings. The summed E-state index contributed by atoms with van der Waals surface area (Å²) in [5, 5.41) is 2.75. The highest BCUT2D eigenvalue weighted by Crippen LogP contribution is 2.22. The Labute approximate surface area is 95.7 Å². The molecule has 0 saturated heterocycles. The van der Waals surface area contributed by atoms with Crippen LogP contribution in [0.25, 0.3) is 0 Å². The maximum atomic E-state index is 11.7. The van der Waals surface area contributed by atoms with Crippen molar-refractivity contribution in [2.75, 3.05) is 13.7 Å². The molecule has 0 bridgehead atoms. The second kappa shape index (κ2) is 6.48. The van der Waals surface area contributed by atoms with Crippen LogP contribution in [0, 0.1) is 5.92 Å². The molecule has 5 heteroatoms. The third kappa shape index (κ3) is 4.18. The zero-order chi connectivity index (χ0) is 12.0. The molecule has 1 aliphatic carbocycles. The third-order valence-corrected chi connectivity index (χ3v) is 3.00. The van der Waals surface area contributed by atoms with Crippen molar-refractivity contribution in [3.05, 3.63) is 0 Å². The molecule has 1 rings (SSSR count). The van der Waals surface area contributed by atoms with Crippen LogP contribution in [-0.4, -0.2) is 31.6 Å². The van der Waals surface area contributed by atoms with Gasteiger partial charge in [0.15, 0.2) is 0 Å². The highest BCUT2D eigenvalue weighted by molar-refractivity contribution is 5.79. The second-order valence-electron chi connectivity index (χ2n) is 4.23. The van der Waals surface area contributed by atoms with Gasteiger partial charge in [-0.1, -0.05) is 0 Å². The zero-order valence-electron chi connectivity index (χ0n) is 9.70. The molecule has 0 heterocycles. The Morgan fingerprint density at radius 2 is 1.94 bits per heavy atom. The molecular weight excluding hydrogens is 208 g/mol.